The molecule has 0 radical (unpaired) electrons. The van der Waals surface area contributed by atoms with Crippen LogP contribution in [0.25, 0.3) is 5.69 Å². The average Bonchev–Trinajstić information content (AvgIpc) is 2.94. The largest absolute Gasteiger partial charge is 0.461 e. The lowest BCUT2D eigenvalue weighted by atomic mass is 10.3. The SMILES string of the molecule is CCCCCOC(=O)c1ccn(-c2ccc(N)cc2)n1. The maximum absolute atomic E-state index is 11.8. The zero-order valence-electron chi connectivity index (χ0n) is 11.6. The minimum Gasteiger partial charge on any atom is -0.461 e. The summed E-state index contributed by atoms with van der Waals surface area (Å²) in [5.41, 5.74) is 7.49. The Hall–Kier alpha value is -2.30. The van der Waals surface area contributed by atoms with Crippen LogP contribution in [0.4, 0.5) is 5.69 Å². The van der Waals surface area contributed by atoms with Gasteiger partial charge in [0.25, 0.3) is 0 Å². The molecule has 0 amide bonds. The lowest BCUT2D eigenvalue weighted by Gasteiger charge is -2.03. The first-order valence-corrected chi connectivity index (χ1v) is 6.79. The van der Waals surface area contributed by atoms with Gasteiger partial charge in [0, 0.05) is 11.9 Å². The number of nitrogens with two attached hydrogens (primary N) is 1. The zero-order valence-corrected chi connectivity index (χ0v) is 11.6. The molecular weight excluding hydrogens is 254 g/mol. The van der Waals surface area contributed by atoms with Crippen molar-refractivity contribution in [1.82, 2.24) is 9.78 Å². The summed E-state index contributed by atoms with van der Waals surface area (Å²) in [6.45, 7) is 2.55. The predicted octanol–water partition coefficient (Wildman–Crippen LogP) is 2.80. The number of ether oxygens (including phenoxy) is 1. The van der Waals surface area contributed by atoms with Gasteiger partial charge in [0.15, 0.2) is 5.69 Å². The minimum absolute atomic E-state index is 0.318. The van der Waals surface area contributed by atoms with E-state index >= 15 is 0 Å². The summed E-state index contributed by atoms with van der Waals surface area (Å²) in [5, 5.41) is 4.21. The summed E-state index contributed by atoms with van der Waals surface area (Å²) in [6, 6.07) is 8.93. The number of rotatable bonds is 6. The van der Waals surface area contributed by atoms with Gasteiger partial charge in [-0.3, -0.25) is 0 Å². The van der Waals surface area contributed by atoms with Crippen LogP contribution in [-0.2, 0) is 4.74 Å². The van der Waals surface area contributed by atoms with E-state index in [1.165, 1.54) is 0 Å². The second-order valence-electron chi connectivity index (χ2n) is 4.58. The van der Waals surface area contributed by atoms with Crippen molar-refractivity contribution in [2.24, 2.45) is 0 Å². The van der Waals surface area contributed by atoms with E-state index in [0.29, 0.717) is 18.0 Å². The molecule has 0 spiro atoms. The van der Waals surface area contributed by atoms with Gasteiger partial charge in [-0.25, -0.2) is 9.48 Å². The van der Waals surface area contributed by atoms with Crippen molar-refractivity contribution in [2.45, 2.75) is 26.2 Å². The van der Waals surface area contributed by atoms with Gasteiger partial charge in [-0.15, -0.1) is 0 Å². The lowest BCUT2D eigenvalue weighted by molar-refractivity contribution is 0.0490. The van der Waals surface area contributed by atoms with Crippen LogP contribution in [0.2, 0.25) is 0 Å². The van der Waals surface area contributed by atoms with Gasteiger partial charge in [-0.2, -0.15) is 5.10 Å². The first-order valence-electron chi connectivity index (χ1n) is 6.79. The number of carbonyl (C=O) groups excluding carboxylic acids is 1. The normalized spacial score (nSPS) is 10.4. The van der Waals surface area contributed by atoms with Crippen molar-refractivity contribution < 1.29 is 9.53 Å². The lowest BCUT2D eigenvalue weighted by Crippen LogP contribution is -2.08. The van der Waals surface area contributed by atoms with Crippen molar-refractivity contribution in [3.8, 4) is 5.69 Å². The third kappa shape index (κ3) is 3.60. The van der Waals surface area contributed by atoms with E-state index in [4.69, 9.17) is 10.5 Å². The quantitative estimate of drug-likeness (QED) is 0.499. The third-order valence-electron chi connectivity index (χ3n) is 2.94. The monoisotopic (exact) mass is 273 g/mol. The summed E-state index contributed by atoms with van der Waals surface area (Å²) in [5.74, 6) is -0.379. The van der Waals surface area contributed by atoms with E-state index in [1.807, 2.05) is 12.1 Å². The molecule has 0 aliphatic heterocycles. The summed E-state index contributed by atoms with van der Waals surface area (Å²) in [6.07, 6.45) is 4.78. The topological polar surface area (TPSA) is 70.1 Å². The standard InChI is InChI=1S/C15H19N3O2/c1-2-3-4-11-20-15(19)14-9-10-18(17-14)13-7-5-12(16)6-8-13/h5-10H,2-4,11,16H2,1H3. The van der Waals surface area contributed by atoms with Gasteiger partial charge in [-0.1, -0.05) is 19.8 Å². The van der Waals surface area contributed by atoms with Crippen LogP contribution in [0.3, 0.4) is 0 Å². The van der Waals surface area contributed by atoms with Gasteiger partial charge in [0.1, 0.15) is 0 Å². The van der Waals surface area contributed by atoms with E-state index in [9.17, 15) is 4.79 Å². The molecule has 20 heavy (non-hydrogen) atoms. The highest BCUT2D eigenvalue weighted by atomic mass is 16.5. The van der Waals surface area contributed by atoms with Crippen molar-refractivity contribution >= 4 is 11.7 Å². The number of hydrogen-bond donors (Lipinski definition) is 1. The molecule has 0 aliphatic rings. The highest BCUT2D eigenvalue weighted by Gasteiger charge is 2.11. The Morgan fingerprint density at radius 1 is 1.25 bits per heavy atom. The minimum atomic E-state index is -0.379. The Bertz CT molecular complexity index is 561. The van der Waals surface area contributed by atoms with Crippen LogP contribution in [-0.4, -0.2) is 22.4 Å². The molecule has 2 rings (SSSR count). The second kappa shape index (κ2) is 6.75. The van der Waals surface area contributed by atoms with Gasteiger partial charge < -0.3 is 10.5 Å². The van der Waals surface area contributed by atoms with Crippen molar-refractivity contribution in [1.29, 1.82) is 0 Å². The molecule has 0 unspecified atom stereocenters. The first kappa shape index (κ1) is 14.1. The molecule has 5 heteroatoms. The predicted molar refractivity (Wildman–Crippen MR) is 77.8 cm³/mol. The van der Waals surface area contributed by atoms with Crippen molar-refractivity contribution in [3.63, 3.8) is 0 Å². The van der Waals surface area contributed by atoms with E-state index in [2.05, 4.69) is 12.0 Å². The Balaban J connectivity index is 1.98. The molecule has 106 valence electrons. The summed E-state index contributed by atoms with van der Waals surface area (Å²) in [7, 11) is 0. The van der Waals surface area contributed by atoms with Gasteiger partial charge >= 0.3 is 5.97 Å². The number of unbranched alkanes of at least 4 members (excludes halogenated alkanes) is 2. The number of esters is 1. The first-order chi connectivity index (χ1) is 9.70. The van der Waals surface area contributed by atoms with Crippen LogP contribution in [0.15, 0.2) is 36.5 Å². The Labute approximate surface area is 118 Å². The maximum atomic E-state index is 11.8. The Morgan fingerprint density at radius 2 is 2.00 bits per heavy atom. The fourth-order valence-electron chi connectivity index (χ4n) is 1.79. The number of hydrogen-bond acceptors (Lipinski definition) is 4. The highest BCUT2D eigenvalue weighted by Crippen LogP contribution is 2.11. The Kier molecular flexibility index (Phi) is 4.76. The third-order valence-corrected chi connectivity index (χ3v) is 2.94. The van der Waals surface area contributed by atoms with E-state index in [0.717, 1.165) is 24.9 Å². The van der Waals surface area contributed by atoms with Crippen LogP contribution in [0.1, 0.15) is 36.7 Å². The zero-order chi connectivity index (χ0) is 14.4. The number of aromatic nitrogens is 2. The number of nitrogen functional groups attached to an aromatic ring is 1. The Morgan fingerprint density at radius 3 is 2.70 bits per heavy atom. The van der Waals surface area contributed by atoms with Crippen LogP contribution < -0.4 is 5.73 Å². The molecule has 0 bridgehead atoms. The van der Waals surface area contributed by atoms with E-state index < -0.39 is 0 Å². The van der Waals surface area contributed by atoms with Crippen molar-refractivity contribution in [2.75, 3.05) is 12.3 Å². The molecule has 1 aromatic heterocycles. The number of benzene rings is 1. The fourth-order valence-corrected chi connectivity index (χ4v) is 1.79. The molecule has 0 fully saturated rings. The smallest absolute Gasteiger partial charge is 0.358 e. The highest BCUT2D eigenvalue weighted by molar-refractivity contribution is 5.87. The average molecular weight is 273 g/mol. The molecule has 0 saturated heterocycles. The van der Waals surface area contributed by atoms with Gasteiger partial charge in [0.2, 0.25) is 0 Å². The van der Waals surface area contributed by atoms with Crippen molar-refractivity contribution in [3.05, 3.63) is 42.2 Å². The van der Waals surface area contributed by atoms with Crippen LogP contribution in [0, 0.1) is 0 Å². The summed E-state index contributed by atoms with van der Waals surface area (Å²) < 4.78 is 6.79. The maximum Gasteiger partial charge on any atom is 0.358 e. The number of carbonyl (C=O) groups is 1. The van der Waals surface area contributed by atoms with Gasteiger partial charge in [-0.05, 0) is 36.8 Å². The molecule has 0 aliphatic carbocycles. The van der Waals surface area contributed by atoms with Crippen LogP contribution >= 0.6 is 0 Å². The number of anilines is 1. The molecule has 2 N–H and O–H groups in total. The number of nitrogens with zero attached hydrogens (tertiary/aromatic N) is 2. The fraction of sp³-hybridized carbons (Fsp3) is 0.333. The molecule has 2 aromatic rings. The summed E-state index contributed by atoms with van der Waals surface area (Å²) in [4.78, 5) is 11.8. The van der Waals surface area contributed by atoms with E-state index in [1.54, 1.807) is 29.1 Å². The van der Waals surface area contributed by atoms with Gasteiger partial charge in [0.05, 0.1) is 12.3 Å². The molecule has 0 atom stereocenters. The molecule has 5 nitrogen and oxygen atoms in total. The van der Waals surface area contributed by atoms with E-state index in [-0.39, 0.29) is 5.97 Å². The second-order valence-corrected chi connectivity index (χ2v) is 4.58. The summed E-state index contributed by atoms with van der Waals surface area (Å²) >= 11 is 0. The molecular formula is C15H19N3O2. The van der Waals surface area contributed by atoms with Crippen LogP contribution in [0.5, 0.6) is 0 Å². The molecule has 0 saturated carbocycles. The molecule has 1 aromatic carbocycles. The molecule has 1 heterocycles.